The van der Waals surface area contributed by atoms with Gasteiger partial charge in [0.05, 0.1) is 35.3 Å². The molecule has 6 heteroatoms. The summed E-state index contributed by atoms with van der Waals surface area (Å²) in [7, 11) is 0. The molecular weight excluding hydrogens is 881 g/mol. The van der Waals surface area contributed by atoms with Crippen molar-refractivity contribution in [2.75, 3.05) is 9.80 Å². The van der Waals surface area contributed by atoms with Gasteiger partial charge in [-0.3, -0.25) is 0 Å². The molecule has 0 amide bonds. The lowest BCUT2D eigenvalue weighted by molar-refractivity contribution is 0.639. The molecular formula is C66H44N4O2. The van der Waals surface area contributed by atoms with Crippen LogP contribution in [-0.2, 0) is 10.8 Å². The minimum Gasteiger partial charge on any atom is -0.454 e. The fourth-order valence-electron chi connectivity index (χ4n) is 12.1. The molecule has 0 N–H and O–H groups in total. The fourth-order valence-corrected chi connectivity index (χ4v) is 12.1. The van der Waals surface area contributed by atoms with Crippen molar-refractivity contribution in [1.82, 2.24) is 0 Å². The highest BCUT2D eigenvalue weighted by molar-refractivity contribution is 6.15. The van der Waals surface area contributed by atoms with Crippen LogP contribution in [0.2, 0.25) is 0 Å². The molecule has 0 fully saturated rings. The van der Waals surface area contributed by atoms with E-state index in [1.54, 1.807) is 0 Å². The molecule has 0 radical (unpaired) electrons. The predicted octanol–water partition coefficient (Wildman–Crippen LogP) is 18.6. The molecule has 0 bridgehead atoms. The lowest BCUT2D eigenvalue weighted by Crippen LogP contribution is -2.20. The first-order valence-corrected chi connectivity index (χ1v) is 24.4. The van der Waals surface area contributed by atoms with Gasteiger partial charge in [0, 0.05) is 54.8 Å². The van der Waals surface area contributed by atoms with E-state index in [-0.39, 0.29) is 10.8 Å². The number of hydrogen-bond donors (Lipinski definition) is 0. The molecule has 2 heterocycles. The molecule has 72 heavy (non-hydrogen) atoms. The summed E-state index contributed by atoms with van der Waals surface area (Å²) in [6.45, 7) is 17.2. The Morgan fingerprint density at radius 3 is 1.58 bits per heavy atom. The van der Waals surface area contributed by atoms with Crippen LogP contribution in [0, 0.1) is 17.9 Å². The van der Waals surface area contributed by atoms with Crippen molar-refractivity contribution in [3.05, 3.63) is 233 Å². The van der Waals surface area contributed by atoms with E-state index in [0.29, 0.717) is 11.3 Å². The van der Waals surface area contributed by atoms with Crippen LogP contribution in [0.4, 0.5) is 39.8 Å². The Morgan fingerprint density at radius 1 is 0.431 bits per heavy atom. The summed E-state index contributed by atoms with van der Waals surface area (Å²) in [5.74, 6) is 0. The van der Waals surface area contributed by atoms with Crippen molar-refractivity contribution >= 4 is 94.5 Å². The van der Waals surface area contributed by atoms with E-state index in [2.05, 4.69) is 170 Å². The topological polar surface area (TPSA) is 60.9 Å². The molecule has 0 spiro atoms. The molecule has 12 aromatic rings. The van der Waals surface area contributed by atoms with Crippen LogP contribution in [0.25, 0.3) is 81.7 Å². The molecule has 0 saturated carbocycles. The fraction of sp³-hybridized carbons (Fsp3) is 0.0909. The molecule has 0 atom stereocenters. The number of nitriles is 1. The molecule has 2 aliphatic rings. The van der Waals surface area contributed by atoms with Crippen molar-refractivity contribution in [3.8, 4) is 28.3 Å². The van der Waals surface area contributed by atoms with Gasteiger partial charge in [0.1, 0.15) is 11.2 Å². The van der Waals surface area contributed by atoms with Gasteiger partial charge in [-0.25, -0.2) is 4.85 Å². The summed E-state index contributed by atoms with van der Waals surface area (Å²) < 4.78 is 13.4. The summed E-state index contributed by atoms with van der Waals surface area (Å²) in [5.41, 5.74) is 19.7. The zero-order valence-corrected chi connectivity index (χ0v) is 40.1. The highest BCUT2D eigenvalue weighted by atomic mass is 16.3. The molecule has 10 aromatic carbocycles. The Kier molecular flexibility index (Phi) is 8.71. The number of furan rings is 2. The maximum atomic E-state index is 9.86. The highest BCUT2D eigenvalue weighted by Crippen LogP contribution is 2.60. The lowest BCUT2D eigenvalue weighted by Gasteiger charge is -2.30. The van der Waals surface area contributed by atoms with Gasteiger partial charge < -0.3 is 18.6 Å². The van der Waals surface area contributed by atoms with Crippen LogP contribution in [0.15, 0.2) is 203 Å². The van der Waals surface area contributed by atoms with E-state index in [1.165, 1.54) is 49.9 Å². The Morgan fingerprint density at radius 2 is 0.944 bits per heavy atom. The molecule has 2 aliphatic carbocycles. The van der Waals surface area contributed by atoms with Gasteiger partial charge in [0.15, 0.2) is 16.9 Å². The highest BCUT2D eigenvalue weighted by Gasteiger charge is 2.43. The zero-order valence-electron chi connectivity index (χ0n) is 40.1. The Balaban J connectivity index is 0.949. The van der Waals surface area contributed by atoms with E-state index in [9.17, 15) is 5.26 Å². The first-order chi connectivity index (χ1) is 35.1. The molecule has 0 saturated heterocycles. The van der Waals surface area contributed by atoms with Crippen LogP contribution in [0.3, 0.4) is 0 Å². The Labute approximate surface area is 416 Å². The first kappa shape index (κ1) is 41.6. The van der Waals surface area contributed by atoms with Crippen LogP contribution in [0.1, 0.15) is 55.5 Å². The van der Waals surface area contributed by atoms with Gasteiger partial charge in [-0.15, -0.1) is 0 Å². The third-order valence-corrected chi connectivity index (χ3v) is 15.7. The van der Waals surface area contributed by atoms with Crippen molar-refractivity contribution in [2.24, 2.45) is 0 Å². The summed E-state index contributed by atoms with van der Waals surface area (Å²) in [4.78, 5) is 8.30. The number of fused-ring (bicyclic) bond motifs is 14. The second-order valence-corrected chi connectivity index (χ2v) is 20.2. The third-order valence-electron chi connectivity index (χ3n) is 15.7. The second-order valence-electron chi connectivity index (χ2n) is 20.2. The minimum atomic E-state index is -0.365. The Bertz CT molecular complexity index is 4370. The van der Waals surface area contributed by atoms with Gasteiger partial charge >= 0.3 is 0 Å². The summed E-state index contributed by atoms with van der Waals surface area (Å²) in [5, 5.41) is 16.4. The average Bonchev–Trinajstić information content (AvgIpc) is 4.12. The molecule has 0 unspecified atom stereocenters. The summed E-state index contributed by atoms with van der Waals surface area (Å²) in [6.07, 6.45) is 0. The Hall–Kier alpha value is -9.36. The SMILES string of the molecule is [C-]#[N+]c1ccc(N(c2ccc3c(c2)C(C)(C)c2cc4c(cc2-3)-c2c(cc(N(c3ccc(C#N)cc3)c3cccc5c3oc3ccccc35)c3ccccc23)C4(C)C)c2cccc3c2oc2ccccc23)cc1. The normalized spacial score (nSPS) is 13.8. The van der Waals surface area contributed by atoms with Gasteiger partial charge in [-0.1, -0.05) is 137 Å². The predicted molar refractivity (Wildman–Crippen MR) is 294 cm³/mol. The largest absolute Gasteiger partial charge is 0.454 e. The number of nitrogens with zero attached hydrogens (tertiary/aromatic N) is 4. The van der Waals surface area contributed by atoms with E-state index in [0.717, 1.165) is 83.4 Å². The van der Waals surface area contributed by atoms with E-state index in [1.807, 2.05) is 72.8 Å². The summed E-state index contributed by atoms with van der Waals surface area (Å²) in [6, 6.07) is 70.3. The molecule has 6 nitrogen and oxygen atoms in total. The smallest absolute Gasteiger partial charge is 0.187 e. The third kappa shape index (κ3) is 5.81. The van der Waals surface area contributed by atoms with Crippen molar-refractivity contribution in [2.45, 2.75) is 38.5 Å². The van der Waals surface area contributed by atoms with Crippen molar-refractivity contribution in [3.63, 3.8) is 0 Å². The van der Waals surface area contributed by atoms with Crippen molar-refractivity contribution in [1.29, 1.82) is 5.26 Å². The van der Waals surface area contributed by atoms with Crippen LogP contribution in [0.5, 0.6) is 0 Å². The van der Waals surface area contributed by atoms with Gasteiger partial charge in [0.25, 0.3) is 0 Å². The molecule has 14 rings (SSSR count). The number of hydrogen-bond acceptors (Lipinski definition) is 5. The summed E-state index contributed by atoms with van der Waals surface area (Å²) >= 11 is 0. The van der Waals surface area contributed by atoms with Crippen LogP contribution in [-0.4, -0.2) is 0 Å². The van der Waals surface area contributed by atoms with E-state index < -0.39 is 0 Å². The molecule has 0 aliphatic heterocycles. The quantitative estimate of drug-likeness (QED) is 0.156. The van der Waals surface area contributed by atoms with E-state index >= 15 is 0 Å². The number of para-hydroxylation sites is 4. The van der Waals surface area contributed by atoms with Crippen LogP contribution < -0.4 is 9.80 Å². The monoisotopic (exact) mass is 924 g/mol. The second kappa shape index (κ2) is 15.1. The van der Waals surface area contributed by atoms with Gasteiger partial charge in [-0.05, 0) is 135 Å². The average molecular weight is 925 g/mol. The maximum Gasteiger partial charge on any atom is 0.187 e. The molecule has 340 valence electrons. The number of benzene rings is 10. The maximum absolute atomic E-state index is 9.86. The zero-order chi connectivity index (χ0) is 48.6. The number of rotatable bonds is 6. The molecule has 2 aromatic heterocycles. The van der Waals surface area contributed by atoms with Crippen molar-refractivity contribution < 1.29 is 8.83 Å². The first-order valence-electron chi connectivity index (χ1n) is 24.4. The van der Waals surface area contributed by atoms with Gasteiger partial charge in [0.2, 0.25) is 0 Å². The number of anilines is 6. The van der Waals surface area contributed by atoms with E-state index in [4.69, 9.17) is 15.4 Å². The lowest BCUT2D eigenvalue weighted by atomic mass is 9.77. The van der Waals surface area contributed by atoms with Crippen LogP contribution >= 0.6 is 0 Å². The van der Waals surface area contributed by atoms with Gasteiger partial charge in [-0.2, -0.15) is 5.26 Å². The minimum absolute atomic E-state index is 0.337. The standard InChI is InChI=1S/C66H44N4O2/c1-65(2)53-34-43(69(41-30-26-40(68-5)27-31-41)57-20-12-18-49-46-15-8-10-22-60(46)71-63(49)57)32-33-44(53)51-35-52-55(36-54(51)65)66(3,4)56-37-59(45-14-6-7-17-48(45)62(52)56)70(42-28-24-39(38-67)25-29-42)58-21-13-19-50-47-16-9-11-23-61(47)72-64(50)58/h6-37H,1-4H3.